The predicted molar refractivity (Wildman–Crippen MR) is 103 cm³/mol. The van der Waals surface area contributed by atoms with E-state index in [2.05, 4.69) is 30.9 Å². The van der Waals surface area contributed by atoms with Crippen LogP contribution < -0.4 is 14.4 Å². The van der Waals surface area contributed by atoms with Crippen molar-refractivity contribution >= 4 is 21.7 Å². The molecule has 1 unspecified atom stereocenters. The number of benzene rings is 1. The number of halogens is 1. The van der Waals surface area contributed by atoms with Crippen LogP contribution in [-0.4, -0.2) is 41.3 Å². The smallest absolute Gasteiger partial charge is 0.163 e. The van der Waals surface area contributed by atoms with Gasteiger partial charge in [-0.2, -0.15) is 0 Å². The van der Waals surface area contributed by atoms with Crippen molar-refractivity contribution in [3.63, 3.8) is 0 Å². The molecule has 0 aliphatic carbocycles. The molecule has 3 aromatic rings. The number of pyridine rings is 1. The van der Waals surface area contributed by atoms with E-state index < -0.39 is 0 Å². The molecule has 132 valence electrons. The van der Waals surface area contributed by atoms with Crippen molar-refractivity contribution in [2.24, 2.45) is 0 Å². The Bertz CT molecular complexity index is 921. The van der Waals surface area contributed by atoms with Crippen LogP contribution in [0, 0.1) is 0 Å². The number of para-hydroxylation sites is 2. The maximum atomic E-state index is 6.03. The van der Waals surface area contributed by atoms with Crippen molar-refractivity contribution in [3.8, 4) is 22.9 Å². The average Bonchev–Trinajstić information content (AvgIpc) is 2.68. The zero-order valence-electron chi connectivity index (χ0n) is 14.2. The van der Waals surface area contributed by atoms with Crippen LogP contribution in [0.4, 0.5) is 5.82 Å². The third kappa shape index (κ3) is 3.62. The molecule has 0 N–H and O–H groups in total. The molecule has 2 aromatic heterocycles. The van der Waals surface area contributed by atoms with E-state index in [1.165, 1.54) is 0 Å². The average molecular weight is 413 g/mol. The van der Waals surface area contributed by atoms with E-state index in [0.29, 0.717) is 19.0 Å². The summed E-state index contributed by atoms with van der Waals surface area (Å²) in [6, 6.07) is 11.5. The van der Waals surface area contributed by atoms with Crippen molar-refractivity contribution in [3.05, 3.63) is 59.5 Å². The van der Waals surface area contributed by atoms with Gasteiger partial charge in [0.25, 0.3) is 0 Å². The second kappa shape index (κ2) is 7.29. The first-order chi connectivity index (χ1) is 12.7. The van der Waals surface area contributed by atoms with Gasteiger partial charge in [-0.3, -0.25) is 4.98 Å². The zero-order valence-corrected chi connectivity index (χ0v) is 15.8. The molecule has 6 nitrogen and oxygen atoms in total. The van der Waals surface area contributed by atoms with E-state index in [1.807, 2.05) is 48.3 Å². The van der Waals surface area contributed by atoms with Crippen LogP contribution in [-0.2, 0) is 0 Å². The third-order valence-corrected chi connectivity index (χ3v) is 4.47. The van der Waals surface area contributed by atoms with Crippen LogP contribution in [0.1, 0.15) is 0 Å². The topological polar surface area (TPSA) is 60.4 Å². The van der Waals surface area contributed by atoms with Gasteiger partial charge in [0.1, 0.15) is 12.4 Å². The summed E-state index contributed by atoms with van der Waals surface area (Å²) in [7, 11) is 1.98. The number of anilines is 1. The van der Waals surface area contributed by atoms with E-state index in [4.69, 9.17) is 9.47 Å². The summed E-state index contributed by atoms with van der Waals surface area (Å²) in [5.41, 5.74) is 0.862. The molecule has 0 radical (unpaired) electrons. The molecule has 0 spiro atoms. The molecule has 0 amide bonds. The number of likely N-dealkylation sites (N-methyl/N-ethyl adjacent to an activating group) is 1. The predicted octanol–water partition coefficient (Wildman–Crippen LogP) is 3.58. The van der Waals surface area contributed by atoms with Crippen LogP contribution in [0.2, 0.25) is 0 Å². The first kappa shape index (κ1) is 16.8. The molecule has 1 aliphatic rings. The van der Waals surface area contributed by atoms with Crippen LogP contribution in [0.5, 0.6) is 11.5 Å². The lowest BCUT2D eigenvalue weighted by molar-refractivity contribution is 0.0959. The van der Waals surface area contributed by atoms with Crippen molar-refractivity contribution in [1.29, 1.82) is 0 Å². The molecular weight excluding hydrogens is 396 g/mol. The molecule has 1 atom stereocenters. The van der Waals surface area contributed by atoms with Gasteiger partial charge in [-0.15, -0.1) is 0 Å². The van der Waals surface area contributed by atoms with Crippen molar-refractivity contribution in [1.82, 2.24) is 15.0 Å². The fourth-order valence-corrected chi connectivity index (χ4v) is 3.15. The first-order valence-corrected chi connectivity index (χ1v) is 9.02. The van der Waals surface area contributed by atoms with Gasteiger partial charge >= 0.3 is 0 Å². The lowest BCUT2D eigenvalue weighted by atomic mass is 10.2. The van der Waals surface area contributed by atoms with Crippen molar-refractivity contribution in [2.45, 2.75) is 6.10 Å². The van der Waals surface area contributed by atoms with Gasteiger partial charge in [0.15, 0.2) is 23.4 Å². The second-order valence-corrected chi connectivity index (χ2v) is 6.92. The van der Waals surface area contributed by atoms with Gasteiger partial charge in [-0.1, -0.05) is 12.1 Å². The Morgan fingerprint density at radius 2 is 2.04 bits per heavy atom. The maximum Gasteiger partial charge on any atom is 0.163 e. The molecule has 0 saturated heterocycles. The van der Waals surface area contributed by atoms with E-state index >= 15 is 0 Å². The minimum absolute atomic E-state index is 0.0687. The van der Waals surface area contributed by atoms with Crippen molar-refractivity contribution < 1.29 is 9.47 Å². The van der Waals surface area contributed by atoms with Crippen LogP contribution in [0.15, 0.2) is 59.5 Å². The SMILES string of the molecule is CN(CC1COc2ccccc2O1)c1ccnc(-c2cncc(Br)c2)n1. The molecule has 1 aliphatic heterocycles. The lowest BCUT2D eigenvalue weighted by Crippen LogP contribution is -2.39. The lowest BCUT2D eigenvalue weighted by Gasteiger charge is -2.30. The van der Waals surface area contributed by atoms with Gasteiger partial charge in [0.05, 0.1) is 6.54 Å². The fraction of sp³-hybridized carbons (Fsp3) is 0.211. The summed E-state index contributed by atoms with van der Waals surface area (Å²) >= 11 is 3.43. The van der Waals surface area contributed by atoms with Crippen molar-refractivity contribution in [2.75, 3.05) is 25.1 Å². The summed E-state index contributed by atoms with van der Waals surface area (Å²) in [5, 5.41) is 0. The Kier molecular flexibility index (Phi) is 4.71. The molecule has 7 heteroatoms. The number of fused-ring (bicyclic) bond motifs is 1. The summed E-state index contributed by atoms with van der Waals surface area (Å²) in [6.07, 6.45) is 5.17. The summed E-state index contributed by atoms with van der Waals surface area (Å²) in [5.74, 6) is 3.02. The normalized spacial score (nSPS) is 15.5. The minimum Gasteiger partial charge on any atom is -0.486 e. The van der Waals surface area contributed by atoms with Crippen LogP contribution in [0.3, 0.4) is 0 Å². The van der Waals surface area contributed by atoms with E-state index in [-0.39, 0.29) is 6.10 Å². The second-order valence-electron chi connectivity index (χ2n) is 6.01. The van der Waals surface area contributed by atoms with Gasteiger partial charge in [0, 0.05) is 35.7 Å². The van der Waals surface area contributed by atoms with Gasteiger partial charge in [-0.05, 0) is 40.2 Å². The molecule has 0 saturated carbocycles. The number of rotatable bonds is 4. The number of ether oxygens (including phenoxy) is 2. The zero-order chi connectivity index (χ0) is 17.9. The van der Waals surface area contributed by atoms with Gasteiger partial charge in [0.2, 0.25) is 0 Å². The van der Waals surface area contributed by atoms with Gasteiger partial charge < -0.3 is 14.4 Å². The molecule has 1 aromatic carbocycles. The van der Waals surface area contributed by atoms with E-state index in [9.17, 15) is 0 Å². The number of nitrogens with zero attached hydrogens (tertiary/aromatic N) is 4. The summed E-state index contributed by atoms with van der Waals surface area (Å²) in [4.78, 5) is 15.2. The standard InChI is InChI=1S/C19H17BrN4O2/c1-24(11-15-12-25-16-4-2-3-5-17(16)26-15)18-6-7-22-19(23-18)13-8-14(20)10-21-9-13/h2-10,15H,11-12H2,1H3. The highest BCUT2D eigenvalue weighted by molar-refractivity contribution is 9.10. The Hall–Kier alpha value is -2.67. The maximum absolute atomic E-state index is 6.03. The monoisotopic (exact) mass is 412 g/mol. The highest BCUT2D eigenvalue weighted by Crippen LogP contribution is 2.31. The van der Waals surface area contributed by atoms with Crippen LogP contribution >= 0.6 is 15.9 Å². The van der Waals surface area contributed by atoms with E-state index in [1.54, 1.807) is 18.6 Å². The largest absolute Gasteiger partial charge is 0.486 e. The summed E-state index contributed by atoms with van der Waals surface area (Å²) in [6.45, 7) is 1.16. The fourth-order valence-electron chi connectivity index (χ4n) is 2.79. The molecule has 3 heterocycles. The number of hydrogen-bond donors (Lipinski definition) is 0. The first-order valence-electron chi connectivity index (χ1n) is 8.22. The van der Waals surface area contributed by atoms with E-state index in [0.717, 1.165) is 27.4 Å². The summed E-state index contributed by atoms with van der Waals surface area (Å²) < 4.78 is 12.7. The molecule has 4 rings (SSSR count). The number of aromatic nitrogens is 3. The Balaban J connectivity index is 1.49. The highest BCUT2D eigenvalue weighted by atomic mass is 79.9. The quantitative estimate of drug-likeness (QED) is 0.652. The highest BCUT2D eigenvalue weighted by Gasteiger charge is 2.22. The minimum atomic E-state index is -0.0687. The third-order valence-electron chi connectivity index (χ3n) is 4.04. The number of hydrogen-bond acceptors (Lipinski definition) is 6. The van der Waals surface area contributed by atoms with Crippen LogP contribution in [0.25, 0.3) is 11.4 Å². The Morgan fingerprint density at radius 3 is 2.88 bits per heavy atom. The molecular formula is C19H17BrN4O2. The molecule has 0 bridgehead atoms. The van der Waals surface area contributed by atoms with Gasteiger partial charge in [-0.25, -0.2) is 9.97 Å². The molecule has 26 heavy (non-hydrogen) atoms. The molecule has 0 fully saturated rings. The Morgan fingerprint density at radius 1 is 1.19 bits per heavy atom. The Labute approximate surface area is 160 Å².